The monoisotopic (exact) mass is 377 g/mol. The highest BCUT2D eigenvalue weighted by Crippen LogP contribution is 2.25. The number of nitrogens with zero attached hydrogens (tertiary/aromatic N) is 5. The van der Waals surface area contributed by atoms with Gasteiger partial charge < -0.3 is 4.90 Å². The van der Waals surface area contributed by atoms with E-state index in [1.807, 2.05) is 55.9 Å². The van der Waals surface area contributed by atoms with Crippen molar-refractivity contribution in [2.24, 2.45) is 7.05 Å². The smallest absolute Gasteiger partial charge is 0.254 e. The Kier molecular flexibility index (Phi) is 4.45. The van der Waals surface area contributed by atoms with Gasteiger partial charge >= 0.3 is 0 Å². The van der Waals surface area contributed by atoms with Crippen LogP contribution in [-0.2, 0) is 13.6 Å². The number of carbonyl (C=O) groups excluding carboxylic acids is 1. The van der Waals surface area contributed by atoms with Crippen molar-refractivity contribution in [3.63, 3.8) is 0 Å². The van der Waals surface area contributed by atoms with Crippen LogP contribution in [0.25, 0.3) is 22.2 Å². The van der Waals surface area contributed by atoms with E-state index in [4.69, 9.17) is 4.98 Å². The molecular weight excluding hydrogens is 358 g/mol. The quantitative estimate of drug-likeness (QED) is 0.544. The van der Waals surface area contributed by atoms with Crippen molar-refractivity contribution in [2.75, 3.05) is 7.05 Å². The van der Waals surface area contributed by atoms with Crippen LogP contribution in [0, 0.1) is 6.92 Å². The number of thiazole rings is 1. The molecule has 0 aliphatic rings. The third-order valence-corrected chi connectivity index (χ3v) is 5.18. The largest absolute Gasteiger partial charge is 0.336 e. The molecule has 0 unspecified atom stereocenters. The molecule has 1 amide bonds. The number of pyridine rings is 1. The van der Waals surface area contributed by atoms with Gasteiger partial charge in [-0.3, -0.25) is 9.48 Å². The third-order valence-electron chi connectivity index (χ3n) is 4.36. The van der Waals surface area contributed by atoms with Crippen LogP contribution in [0.1, 0.15) is 21.1 Å². The molecule has 0 radical (unpaired) electrons. The number of hydrogen-bond acceptors (Lipinski definition) is 5. The maximum atomic E-state index is 13.2. The van der Waals surface area contributed by atoms with Gasteiger partial charge in [0.15, 0.2) is 0 Å². The molecule has 0 bridgehead atoms. The molecule has 6 nitrogen and oxygen atoms in total. The summed E-state index contributed by atoms with van der Waals surface area (Å²) in [7, 11) is 3.66. The molecule has 0 spiro atoms. The van der Waals surface area contributed by atoms with Gasteiger partial charge in [0.05, 0.1) is 40.2 Å². The second-order valence-corrected chi connectivity index (χ2v) is 7.56. The fourth-order valence-electron chi connectivity index (χ4n) is 3.06. The van der Waals surface area contributed by atoms with Crippen LogP contribution in [0.4, 0.5) is 0 Å². The predicted molar refractivity (Wildman–Crippen MR) is 107 cm³/mol. The van der Waals surface area contributed by atoms with E-state index < -0.39 is 0 Å². The number of rotatable bonds is 4. The van der Waals surface area contributed by atoms with Crippen LogP contribution < -0.4 is 0 Å². The number of fused-ring (bicyclic) bond motifs is 1. The number of carbonyl (C=O) groups is 1. The Morgan fingerprint density at radius 1 is 1.26 bits per heavy atom. The van der Waals surface area contributed by atoms with Crippen molar-refractivity contribution in [2.45, 2.75) is 13.5 Å². The van der Waals surface area contributed by atoms with Gasteiger partial charge in [-0.2, -0.15) is 5.10 Å². The van der Waals surface area contributed by atoms with Gasteiger partial charge in [-0.15, -0.1) is 11.3 Å². The van der Waals surface area contributed by atoms with Gasteiger partial charge in [-0.25, -0.2) is 9.97 Å². The lowest BCUT2D eigenvalue weighted by molar-refractivity contribution is 0.0785. The summed E-state index contributed by atoms with van der Waals surface area (Å²) in [6, 6.07) is 9.57. The standard InChI is InChI=1S/C20H19N5OS/c1-13-22-15(12-27-13)11-24(2)20(26)17-8-19(14-9-21-25(3)10-14)23-18-7-5-4-6-16(17)18/h4-10,12H,11H2,1-3H3. The summed E-state index contributed by atoms with van der Waals surface area (Å²) in [4.78, 5) is 24.1. The normalized spacial score (nSPS) is 11.1. The van der Waals surface area contributed by atoms with Gasteiger partial charge in [0.25, 0.3) is 5.91 Å². The number of hydrogen-bond donors (Lipinski definition) is 0. The lowest BCUT2D eigenvalue weighted by Gasteiger charge is -2.18. The average molecular weight is 377 g/mol. The molecule has 0 atom stereocenters. The highest BCUT2D eigenvalue weighted by atomic mass is 32.1. The van der Waals surface area contributed by atoms with E-state index in [1.54, 1.807) is 34.2 Å². The zero-order valence-corrected chi connectivity index (χ0v) is 16.2. The summed E-state index contributed by atoms with van der Waals surface area (Å²) in [5.74, 6) is -0.0515. The molecule has 3 aromatic heterocycles. The van der Waals surface area contributed by atoms with Crippen molar-refractivity contribution >= 4 is 28.1 Å². The van der Waals surface area contributed by atoms with Crippen LogP contribution in [0.15, 0.2) is 48.1 Å². The van der Waals surface area contributed by atoms with E-state index in [9.17, 15) is 4.79 Å². The second kappa shape index (κ2) is 6.92. The molecule has 1 aromatic carbocycles. The summed E-state index contributed by atoms with van der Waals surface area (Å²) < 4.78 is 1.73. The van der Waals surface area contributed by atoms with Crippen LogP contribution in [-0.4, -0.2) is 37.6 Å². The lowest BCUT2D eigenvalue weighted by atomic mass is 10.0. The van der Waals surface area contributed by atoms with Crippen molar-refractivity contribution in [1.29, 1.82) is 0 Å². The van der Waals surface area contributed by atoms with Crippen molar-refractivity contribution in [1.82, 2.24) is 24.6 Å². The first kappa shape index (κ1) is 17.4. The molecule has 136 valence electrons. The van der Waals surface area contributed by atoms with Gasteiger partial charge in [0, 0.05) is 36.6 Å². The first-order valence-electron chi connectivity index (χ1n) is 8.56. The molecule has 0 N–H and O–H groups in total. The van der Waals surface area contributed by atoms with Gasteiger partial charge in [0.1, 0.15) is 0 Å². The first-order valence-corrected chi connectivity index (χ1v) is 9.44. The number of aromatic nitrogens is 4. The van der Waals surface area contributed by atoms with E-state index in [0.717, 1.165) is 32.9 Å². The number of amides is 1. The molecule has 0 saturated carbocycles. The Morgan fingerprint density at radius 3 is 2.78 bits per heavy atom. The minimum atomic E-state index is -0.0515. The fourth-order valence-corrected chi connectivity index (χ4v) is 3.66. The SMILES string of the molecule is Cc1nc(CN(C)C(=O)c2cc(-c3cnn(C)c3)nc3ccccc23)cs1. The zero-order chi connectivity index (χ0) is 19.0. The molecule has 0 aliphatic heterocycles. The Labute approximate surface area is 161 Å². The number of benzene rings is 1. The van der Waals surface area contributed by atoms with Crippen LogP contribution >= 0.6 is 11.3 Å². The molecule has 0 fully saturated rings. The van der Waals surface area contributed by atoms with Crippen molar-refractivity contribution in [3.05, 3.63) is 64.4 Å². The Hall–Kier alpha value is -3.06. The molecule has 0 aliphatic carbocycles. The van der Waals surface area contributed by atoms with Crippen LogP contribution in [0.5, 0.6) is 0 Å². The summed E-state index contributed by atoms with van der Waals surface area (Å²) in [6.45, 7) is 2.44. The summed E-state index contributed by atoms with van der Waals surface area (Å²) >= 11 is 1.59. The fraction of sp³-hybridized carbons (Fsp3) is 0.200. The Morgan fingerprint density at radius 2 is 2.07 bits per heavy atom. The molecule has 7 heteroatoms. The molecule has 3 heterocycles. The molecular formula is C20H19N5OS. The third kappa shape index (κ3) is 3.46. The van der Waals surface area contributed by atoms with Crippen LogP contribution in [0.2, 0.25) is 0 Å². The number of para-hydroxylation sites is 1. The predicted octanol–water partition coefficient (Wildman–Crippen LogP) is 3.67. The Balaban J connectivity index is 1.75. The van der Waals surface area contributed by atoms with Crippen molar-refractivity contribution < 1.29 is 4.79 Å². The minimum absolute atomic E-state index is 0.0515. The maximum absolute atomic E-state index is 13.2. The van der Waals surface area contributed by atoms with Gasteiger partial charge in [0.2, 0.25) is 0 Å². The second-order valence-electron chi connectivity index (χ2n) is 6.49. The minimum Gasteiger partial charge on any atom is -0.336 e. The van der Waals surface area contributed by atoms with Crippen molar-refractivity contribution in [3.8, 4) is 11.3 Å². The van der Waals surface area contributed by atoms with Crippen LogP contribution in [0.3, 0.4) is 0 Å². The van der Waals surface area contributed by atoms with E-state index >= 15 is 0 Å². The van der Waals surface area contributed by atoms with E-state index in [1.165, 1.54) is 0 Å². The van der Waals surface area contributed by atoms with Gasteiger partial charge in [-0.05, 0) is 19.1 Å². The highest BCUT2D eigenvalue weighted by molar-refractivity contribution is 7.09. The topological polar surface area (TPSA) is 63.9 Å². The zero-order valence-electron chi connectivity index (χ0n) is 15.4. The molecule has 4 rings (SSSR count). The van der Waals surface area contributed by atoms with E-state index in [-0.39, 0.29) is 5.91 Å². The first-order chi connectivity index (χ1) is 13.0. The molecule has 4 aromatic rings. The van der Waals surface area contributed by atoms with Gasteiger partial charge in [-0.1, -0.05) is 18.2 Å². The summed E-state index contributed by atoms with van der Waals surface area (Å²) in [5, 5.41) is 8.05. The average Bonchev–Trinajstić information content (AvgIpc) is 3.28. The molecule has 0 saturated heterocycles. The summed E-state index contributed by atoms with van der Waals surface area (Å²) in [5.41, 5.74) is 3.95. The van der Waals surface area contributed by atoms with E-state index in [0.29, 0.717) is 12.1 Å². The summed E-state index contributed by atoms with van der Waals surface area (Å²) in [6.07, 6.45) is 3.65. The highest BCUT2D eigenvalue weighted by Gasteiger charge is 2.18. The number of aryl methyl sites for hydroxylation is 2. The van der Waals surface area contributed by atoms with E-state index in [2.05, 4.69) is 10.1 Å². The Bertz CT molecular complexity index is 1130. The molecule has 27 heavy (non-hydrogen) atoms. The lowest BCUT2D eigenvalue weighted by Crippen LogP contribution is -2.26. The maximum Gasteiger partial charge on any atom is 0.254 e.